The van der Waals surface area contributed by atoms with Crippen molar-refractivity contribution in [1.29, 1.82) is 0 Å². The Labute approximate surface area is 176 Å². The number of nitrogens with one attached hydrogen (secondary N) is 1. The number of oxime groups is 1. The second-order valence-electron chi connectivity index (χ2n) is 6.46. The number of carbonyl (C=O) groups is 1. The molecule has 0 aliphatic rings. The number of nitrogens with zero attached hydrogens (tertiary/aromatic N) is 2. The van der Waals surface area contributed by atoms with Crippen LogP contribution in [0.15, 0.2) is 28.3 Å². The van der Waals surface area contributed by atoms with Crippen LogP contribution < -0.4 is 27.3 Å². The molecule has 29 heavy (non-hydrogen) atoms. The minimum Gasteiger partial charge on any atom is -0.492 e. The maximum absolute atomic E-state index is 12.2. The maximum Gasteiger partial charge on any atom is 0.269 e. The Kier molecular flexibility index (Phi) is 12.2. The number of amides is 1. The number of carbonyl (C=O) groups excluding carboxylic acids is 1. The molecule has 0 aliphatic heterocycles. The molecule has 1 amide bonds. The summed E-state index contributed by atoms with van der Waals surface area (Å²) in [6.07, 6.45) is 4.49. The predicted octanol–water partition coefficient (Wildman–Crippen LogP) is 1.39. The molecule has 9 nitrogen and oxygen atoms in total. The van der Waals surface area contributed by atoms with Gasteiger partial charge in [-0.25, -0.2) is 0 Å². The minimum atomic E-state index is -0.410. The molecular formula is C19H31ClN6O3. The van der Waals surface area contributed by atoms with Crippen LogP contribution in [0.5, 0.6) is 5.75 Å². The van der Waals surface area contributed by atoms with Crippen molar-refractivity contribution in [3.05, 3.63) is 28.8 Å². The SMILES string of the molecule is NCCCOc1ccc(CC(=NO)C(=O)NCCCCCCN=C(N)N)cc1Cl. The van der Waals surface area contributed by atoms with Crippen molar-refractivity contribution in [3.8, 4) is 5.75 Å². The average Bonchev–Trinajstić information content (AvgIpc) is 2.69. The molecule has 0 fully saturated rings. The Morgan fingerprint density at radius 2 is 1.93 bits per heavy atom. The van der Waals surface area contributed by atoms with Gasteiger partial charge in [-0.2, -0.15) is 0 Å². The summed E-state index contributed by atoms with van der Waals surface area (Å²) in [5.41, 5.74) is 16.7. The van der Waals surface area contributed by atoms with Crippen molar-refractivity contribution in [3.63, 3.8) is 0 Å². The van der Waals surface area contributed by atoms with E-state index in [2.05, 4.69) is 15.5 Å². The van der Waals surface area contributed by atoms with Crippen molar-refractivity contribution in [2.24, 2.45) is 27.3 Å². The summed E-state index contributed by atoms with van der Waals surface area (Å²) >= 11 is 6.21. The summed E-state index contributed by atoms with van der Waals surface area (Å²) in [5.74, 6) is 0.242. The first-order valence-electron chi connectivity index (χ1n) is 9.63. The third kappa shape index (κ3) is 10.6. The van der Waals surface area contributed by atoms with Crippen LogP contribution in [-0.2, 0) is 11.2 Å². The van der Waals surface area contributed by atoms with Gasteiger partial charge in [-0.05, 0) is 43.5 Å². The molecule has 0 bridgehead atoms. The van der Waals surface area contributed by atoms with E-state index in [1.165, 1.54) is 0 Å². The van der Waals surface area contributed by atoms with Crippen molar-refractivity contribution in [1.82, 2.24) is 5.32 Å². The number of hydrogen-bond acceptors (Lipinski definition) is 6. The first-order valence-corrected chi connectivity index (χ1v) is 10.0. The topological polar surface area (TPSA) is 161 Å². The summed E-state index contributed by atoms with van der Waals surface area (Å²) in [4.78, 5) is 16.1. The van der Waals surface area contributed by atoms with E-state index in [9.17, 15) is 10.0 Å². The Balaban J connectivity index is 2.38. The zero-order valence-corrected chi connectivity index (χ0v) is 17.3. The van der Waals surface area contributed by atoms with E-state index in [4.69, 9.17) is 33.5 Å². The molecule has 0 atom stereocenters. The fourth-order valence-corrected chi connectivity index (χ4v) is 2.75. The summed E-state index contributed by atoms with van der Waals surface area (Å²) in [6.45, 7) is 2.12. The van der Waals surface area contributed by atoms with Gasteiger partial charge in [-0.15, -0.1) is 0 Å². The molecule has 162 valence electrons. The van der Waals surface area contributed by atoms with E-state index in [1.807, 2.05) is 0 Å². The molecule has 1 aromatic carbocycles. The van der Waals surface area contributed by atoms with Gasteiger partial charge in [0.05, 0.1) is 11.6 Å². The van der Waals surface area contributed by atoms with E-state index in [1.54, 1.807) is 18.2 Å². The lowest BCUT2D eigenvalue weighted by Gasteiger charge is -2.10. The van der Waals surface area contributed by atoms with Crippen molar-refractivity contribution in [2.75, 3.05) is 26.2 Å². The van der Waals surface area contributed by atoms with Gasteiger partial charge in [0, 0.05) is 19.5 Å². The third-order valence-corrected chi connectivity index (χ3v) is 4.32. The fraction of sp³-hybridized carbons (Fsp3) is 0.526. The second-order valence-corrected chi connectivity index (χ2v) is 6.86. The maximum atomic E-state index is 12.2. The summed E-state index contributed by atoms with van der Waals surface area (Å²) in [7, 11) is 0. The van der Waals surface area contributed by atoms with Crippen LogP contribution in [0.2, 0.25) is 5.02 Å². The monoisotopic (exact) mass is 426 g/mol. The lowest BCUT2D eigenvalue weighted by molar-refractivity contribution is -0.115. The molecule has 10 heteroatoms. The Morgan fingerprint density at radius 3 is 2.59 bits per heavy atom. The number of guanidine groups is 1. The van der Waals surface area contributed by atoms with Gasteiger partial charge < -0.3 is 32.5 Å². The third-order valence-electron chi connectivity index (χ3n) is 4.02. The normalized spacial score (nSPS) is 11.2. The molecule has 0 aliphatic carbocycles. The second kappa shape index (κ2) is 14.5. The first-order chi connectivity index (χ1) is 14.0. The van der Waals surface area contributed by atoms with Gasteiger partial charge >= 0.3 is 0 Å². The standard InChI is InChI=1S/C19H31ClN6O3/c20-15-12-14(6-7-17(15)29-11-5-8-21)13-16(26-28)18(27)24-9-3-1-2-4-10-25-19(22)23/h6-7,12,28H,1-5,8-11,13,21H2,(H,24,27)(H4,22,23,25). The molecule has 0 unspecified atom stereocenters. The number of benzene rings is 1. The van der Waals surface area contributed by atoms with Gasteiger partial charge in [0.1, 0.15) is 11.5 Å². The Bertz CT molecular complexity index is 693. The van der Waals surface area contributed by atoms with Gasteiger partial charge in [-0.3, -0.25) is 9.79 Å². The molecule has 0 heterocycles. The van der Waals surface area contributed by atoms with E-state index < -0.39 is 5.91 Å². The predicted molar refractivity (Wildman–Crippen MR) is 116 cm³/mol. The Morgan fingerprint density at radius 1 is 1.17 bits per heavy atom. The van der Waals surface area contributed by atoms with E-state index in [-0.39, 0.29) is 18.1 Å². The van der Waals surface area contributed by atoms with Crippen LogP contribution in [0.3, 0.4) is 0 Å². The molecule has 0 saturated heterocycles. The lowest BCUT2D eigenvalue weighted by atomic mass is 10.1. The largest absolute Gasteiger partial charge is 0.492 e. The highest BCUT2D eigenvalue weighted by atomic mass is 35.5. The number of aliphatic imine (C=N–C) groups is 1. The Hall–Kier alpha value is -2.52. The molecule has 8 N–H and O–H groups in total. The molecule has 0 radical (unpaired) electrons. The van der Waals surface area contributed by atoms with Gasteiger partial charge in [0.15, 0.2) is 5.96 Å². The molecule has 1 aromatic rings. The molecule has 0 aromatic heterocycles. The number of ether oxygens (including phenoxy) is 1. The zero-order valence-electron chi connectivity index (χ0n) is 16.6. The minimum absolute atomic E-state index is 0.0191. The van der Waals surface area contributed by atoms with Crippen LogP contribution in [0.4, 0.5) is 0 Å². The van der Waals surface area contributed by atoms with Crippen LogP contribution in [-0.4, -0.2) is 49.0 Å². The highest BCUT2D eigenvalue weighted by Crippen LogP contribution is 2.26. The van der Waals surface area contributed by atoms with Crippen molar-refractivity contribution < 1.29 is 14.7 Å². The summed E-state index contributed by atoms with van der Waals surface area (Å²) in [5, 5.41) is 15.5. The van der Waals surface area contributed by atoms with E-state index >= 15 is 0 Å². The van der Waals surface area contributed by atoms with Crippen LogP contribution in [0.1, 0.15) is 37.7 Å². The molecule has 0 spiro atoms. The molecule has 1 rings (SSSR count). The number of rotatable bonds is 14. The van der Waals surface area contributed by atoms with E-state index in [0.717, 1.165) is 37.7 Å². The lowest BCUT2D eigenvalue weighted by Crippen LogP contribution is -2.33. The highest BCUT2D eigenvalue weighted by Gasteiger charge is 2.14. The van der Waals surface area contributed by atoms with Gasteiger partial charge in [0.25, 0.3) is 5.91 Å². The highest BCUT2D eigenvalue weighted by molar-refractivity contribution is 6.39. The van der Waals surface area contributed by atoms with Gasteiger partial charge in [0.2, 0.25) is 0 Å². The summed E-state index contributed by atoms with van der Waals surface area (Å²) < 4.78 is 5.53. The van der Waals surface area contributed by atoms with Crippen LogP contribution in [0.25, 0.3) is 0 Å². The summed E-state index contributed by atoms with van der Waals surface area (Å²) in [6, 6.07) is 5.19. The molecular weight excluding hydrogens is 396 g/mol. The quantitative estimate of drug-likeness (QED) is 0.0992. The zero-order chi connectivity index (χ0) is 21.5. The van der Waals surface area contributed by atoms with Crippen LogP contribution >= 0.6 is 11.6 Å². The van der Waals surface area contributed by atoms with E-state index in [0.29, 0.717) is 37.0 Å². The van der Waals surface area contributed by atoms with Crippen molar-refractivity contribution >= 4 is 29.2 Å². The fourth-order valence-electron chi connectivity index (χ4n) is 2.49. The smallest absolute Gasteiger partial charge is 0.269 e. The number of hydrogen-bond donors (Lipinski definition) is 5. The number of halogens is 1. The molecule has 0 saturated carbocycles. The number of unbranched alkanes of at least 4 members (excludes halogenated alkanes) is 3. The van der Waals surface area contributed by atoms with Gasteiger partial charge in [-0.1, -0.05) is 35.7 Å². The van der Waals surface area contributed by atoms with Crippen LogP contribution in [0, 0.1) is 0 Å². The van der Waals surface area contributed by atoms with Crippen molar-refractivity contribution in [2.45, 2.75) is 38.5 Å². The number of nitrogens with two attached hydrogens (primary N) is 3. The first kappa shape index (κ1) is 24.5. The average molecular weight is 427 g/mol.